The van der Waals surface area contributed by atoms with Gasteiger partial charge in [-0.2, -0.15) is 0 Å². The van der Waals surface area contributed by atoms with Crippen molar-refractivity contribution in [3.8, 4) is 0 Å². The van der Waals surface area contributed by atoms with Crippen molar-refractivity contribution in [1.82, 2.24) is 5.32 Å². The van der Waals surface area contributed by atoms with Crippen molar-refractivity contribution in [2.24, 2.45) is 11.7 Å². The number of hydrogen-bond acceptors (Lipinski definition) is 2. The van der Waals surface area contributed by atoms with Gasteiger partial charge in [-0.05, 0) is 32.1 Å². The maximum atomic E-state index is 11.8. The first kappa shape index (κ1) is 14.5. The molecule has 0 aromatic carbocycles. The molecule has 17 heavy (non-hydrogen) atoms. The number of rotatable bonds is 5. The summed E-state index contributed by atoms with van der Waals surface area (Å²) >= 11 is 0. The molecular weight excluding hydrogens is 212 g/mol. The molecule has 2 atom stereocenters. The fourth-order valence-electron chi connectivity index (χ4n) is 2.70. The number of carbonyl (C=O) groups is 1. The smallest absolute Gasteiger partial charge is 0.237 e. The van der Waals surface area contributed by atoms with Crippen LogP contribution in [0.1, 0.15) is 65.2 Å². The molecule has 0 saturated heterocycles. The van der Waals surface area contributed by atoms with E-state index < -0.39 is 0 Å². The van der Waals surface area contributed by atoms with Gasteiger partial charge in [-0.15, -0.1) is 0 Å². The third-order valence-electron chi connectivity index (χ3n) is 3.91. The highest BCUT2D eigenvalue weighted by Crippen LogP contribution is 2.25. The third kappa shape index (κ3) is 5.07. The van der Waals surface area contributed by atoms with E-state index in [0.717, 1.165) is 12.8 Å². The summed E-state index contributed by atoms with van der Waals surface area (Å²) < 4.78 is 0. The van der Waals surface area contributed by atoms with E-state index in [9.17, 15) is 4.79 Å². The Morgan fingerprint density at radius 1 is 1.29 bits per heavy atom. The van der Waals surface area contributed by atoms with Crippen LogP contribution >= 0.6 is 0 Å². The summed E-state index contributed by atoms with van der Waals surface area (Å²) in [6.45, 7) is 4.19. The lowest BCUT2D eigenvalue weighted by Crippen LogP contribution is -2.46. The third-order valence-corrected chi connectivity index (χ3v) is 3.91. The van der Waals surface area contributed by atoms with E-state index in [4.69, 9.17) is 5.73 Å². The predicted molar refractivity (Wildman–Crippen MR) is 71.7 cm³/mol. The molecule has 100 valence electrons. The molecule has 1 aliphatic carbocycles. The molecule has 3 N–H and O–H groups in total. The molecule has 0 radical (unpaired) electrons. The summed E-state index contributed by atoms with van der Waals surface area (Å²) in [5.41, 5.74) is 5.82. The monoisotopic (exact) mass is 240 g/mol. The molecule has 1 saturated carbocycles. The van der Waals surface area contributed by atoms with Gasteiger partial charge in [0.2, 0.25) is 5.91 Å². The topological polar surface area (TPSA) is 55.1 Å². The van der Waals surface area contributed by atoms with Gasteiger partial charge in [0, 0.05) is 6.04 Å². The summed E-state index contributed by atoms with van der Waals surface area (Å²) in [7, 11) is 0. The Bertz CT molecular complexity index is 222. The van der Waals surface area contributed by atoms with E-state index in [1.165, 1.54) is 38.5 Å². The van der Waals surface area contributed by atoms with Gasteiger partial charge in [-0.1, -0.05) is 39.0 Å². The lowest BCUT2D eigenvalue weighted by atomic mass is 9.92. The minimum atomic E-state index is -0.326. The van der Waals surface area contributed by atoms with Gasteiger partial charge >= 0.3 is 0 Å². The van der Waals surface area contributed by atoms with Crippen molar-refractivity contribution in [2.75, 3.05) is 0 Å². The highest BCUT2D eigenvalue weighted by atomic mass is 16.2. The molecular formula is C14H28N2O. The second-order valence-electron chi connectivity index (χ2n) is 5.44. The van der Waals surface area contributed by atoms with Crippen molar-refractivity contribution < 1.29 is 4.79 Å². The van der Waals surface area contributed by atoms with Crippen LogP contribution in [0.5, 0.6) is 0 Å². The van der Waals surface area contributed by atoms with E-state index in [1.54, 1.807) is 0 Å². The Morgan fingerprint density at radius 3 is 2.41 bits per heavy atom. The van der Waals surface area contributed by atoms with Crippen LogP contribution < -0.4 is 11.1 Å². The van der Waals surface area contributed by atoms with Crippen LogP contribution in [-0.4, -0.2) is 18.0 Å². The number of hydrogen-bond donors (Lipinski definition) is 2. The zero-order valence-corrected chi connectivity index (χ0v) is 11.4. The first-order valence-electron chi connectivity index (χ1n) is 7.21. The van der Waals surface area contributed by atoms with Gasteiger partial charge in [0.15, 0.2) is 0 Å². The Labute approximate surface area is 106 Å². The van der Waals surface area contributed by atoms with Crippen LogP contribution in [0.4, 0.5) is 0 Å². The predicted octanol–water partition coefficient (Wildman–Crippen LogP) is 2.59. The molecule has 3 heteroatoms. The van der Waals surface area contributed by atoms with E-state index in [0.29, 0.717) is 5.92 Å². The van der Waals surface area contributed by atoms with Gasteiger partial charge in [-0.25, -0.2) is 0 Å². The fourth-order valence-corrected chi connectivity index (χ4v) is 2.70. The van der Waals surface area contributed by atoms with Crippen molar-refractivity contribution in [1.29, 1.82) is 0 Å². The average molecular weight is 240 g/mol. The molecule has 0 unspecified atom stereocenters. The SMILES string of the molecule is CCC[C@H](N)C(=O)N[C@H](C)C1CCCCCC1. The normalized spacial score (nSPS) is 21.6. The molecule has 0 bridgehead atoms. The second-order valence-corrected chi connectivity index (χ2v) is 5.44. The zero-order valence-electron chi connectivity index (χ0n) is 11.4. The van der Waals surface area contributed by atoms with Crippen molar-refractivity contribution >= 4 is 5.91 Å². The molecule has 0 spiro atoms. The maximum Gasteiger partial charge on any atom is 0.237 e. The Hall–Kier alpha value is -0.570. The largest absolute Gasteiger partial charge is 0.352 e. The summed E-state index contributed by atoms with van der Waals surface area (Å²) in [6.07, 6.45) is 9.58. The molecule has 0 heterocycles. The van der Waals surface area contributed by atoms with Gasteiger partial charge in [0.05, 0.1) is 6.04 Å². The van der Waals surface area contributed by atoms with Gasteiger partial charge < -0.3 is 11.1 Å². The minimum absolute atomic E-state index is 0.0311. The summed E-state index contributed by atoms with van der Waals surface area (Å²) in [6, 6.07) is -0.0447. The first-order valence-corrected chi connectivity index (χ1v) is 7.21. The zero-order chi connectivity index (χ0) is 12.7. The Kier molecular flexibility index (Phi) is 6.56. The van der Waals surface area contributed by atoms with Gasteiger partial charge in [0.25, 0.3) is 0 Å². The number of amides is 1. The molecule has 0 aromatic heterocycles. The van der Waals surface area contributed by atoms with Crippen LogP contribution in [0.3, 0.4) is 0 Å². The Morgan fingerprint density at radius 2 is 1.88 bits per heavy atom. The van der Waals surface area contributed by atoms with Crippen LogP contribution in [-0.2, 0) is 4.79 Å². The van der Waals surface area contributed by atoms with E-state index in [2.05, 4.69) is 19.2 Å². The number of carbonyl (C=O) groups excluding carboxylic acids is 1. The molecule has 0 aliphatic heterocycles. The number of nitrogens with two attached hydrogens (primary N) is 1. The molecule has 0 aromatic rings. The molecule has 1 rings (SSSR count). The van der Waals surface area contributed by atoms with E-state index >= 15 is 0 Å². The number of nitrogens with one attached hydrogen (secondary N) is 1. The van der Waals surface area contributed by atoms with E-state index in [-0.39, 0.29) is 18.0 Å². The molecule has 3 nitrogen and oxygen atoms in total. The lowest BCUT2D eigenvalue weighted by Gasteiger charge is -2.25. The van der Waals surface area contributed by atoms with Crippen LogP contribution in [0.2, 0.25) is 0 Å². The van der Waals surface area contributed by atoms with Gasteiger partial charge in [-0.3, -0.25) is 4.79 Å². The summed E-state index contributed by atoms with van der Waals surface area (Å²) in [5.74, 6) is 0.680. The van der Waals surface area contributed by atoms with Crippen molar-refractivity contribution in [3.05, 3.63) is 0 Å². The molecule has 1 fully saturated rings. The quantitative estimate of drug-likeness (QED) is 0.726. The minimum Gasteiger partial charge on any atom is -0.352 e. The lowest BCUT2D eigenvalue weighted by molar-refractivity contribution is -0.123. The van der Waals surface area contributed by atoms with Gasteiger partial charge in [0.1, 0.15) is 0 Å². The highest BCUT2D eigenvalue weighted by molar-refractivity contribution is 5.81. The fraction of sp³-hybridized carbons (Fsp3) is 0.929. The van der Waals surface area contributed by atoms with Crippen LogP contribution in [0, 0.1) is 5.92 Å². The van der Waals surface area contributed by atoms with Crippen molar-refractivity contribution in [3.63, 3.8) is 0 Å². The standard InChI is InChI=1S/C14H28N2O/c1-3-8-13(15)14(17)16-11(2)12-9-6-4-5-7-10-12/h11-13H,3-10,15H2,1-2H3,(H,16,17)/t11-,13+/m1/s1. The summed E-state index contributed by atoms with van der Waals surface area (Å²) in [5, 5.41) is 3.10. The maximum absolute atomic E-state index is 11.8. The second kappa shape index (κ2) is 7.70. The molecule has 1 aliphatic rings. The molecule has 1 amide bonds. The van der Waals surface area contributed by atoms with Crippen LogP contribution in [0.25, 0.3) is 0 Å². The van der Waals surface area contributed by atoms with Crippen molar-refractivity contribution in [2.45, 2.75) is 77.3 Å². The average Bonchev–Trinajstić information content (AvgIpc) is 2.57. The first-order chi connectivity index (χ1) is 8.15. The van der Waals surface area contributed by atoms with E-state index in [1.807, 2.05) is 0 Å². The summed E-state index contributed by atoms with van der Waals surface area (Å²) in [4.78, 5) is 11.8. The van der Waals surface area contributed by atoms with Crippen LogP contribution in [0.15, 0.2) is 0 Å². The Balaban J connectivity index is 2.35. The highest BCUT2D eigenvalue weighted by Gasteiger charge is 2.22.